The molecule has 0 aliphatic carbocycles. The minimum absolute atomic E-state index is 0.00641. The molecule has 2 saturated heterocycles. The van der Waals surface area contributed by atoms with E-state index in [1.807, 2.05) is 0 Å². The lowest BCUT2D eigenvalue weighted by Crippen LogP contribution is -2.32. The van der Waals surface area contributed by atoms with E-state index in [9.17, 15) is 0 Å². The van der Waals surface area contributed by atoms with E-state index in [1.165, 1.54) is 0 Å². The van der Waals surface area contributed by atoms with Crippen LogP contribution in [-0.4, -0.2) is 30.5 Å². The smallest absolute Gasteiger partial charge is 0.0947 e. The van der Waals surface area contributed by atoms with E-state index in [1.54, 1.807) is 0 Å². The van der Waals surface area contributed by atoms with E-state index >= 15 is 0 Å². The minimum Gasteiger partial charge on any atom is -0.372 e. The molecule has 0 aromatic rings. The third-order valence-electron chi connectivity index (χ3n) is 3.08. The van der Waals surface area contributed by atoms with Crippen molar-refractivity contribution in [3.63, 3.8) is 0 Å². The standard InChI is InChI=1S/C10H19NO2/c1-9(2)6-10(7-12-9)4-3-8(5-11)13-10/h8H,3-7,11H2,1-2H3. The van der Waals surface area contributed by atoms with E-state index in [2.05, 4.69) is 13.8 Å². The summed E-state index contributed by atoms with van der Waals surface area (Å²) in [5.74, 6) is 0. The Morgan fingerprint density at radius 3 is 2.69 bits per heavy atom. The minimum atomic E-state index is -0.0104. The van der Waals surface area contributed by atoms with Gasteiger partial charge in [0.2, 0.25) is 0 Å². The van der Waals surface area contributed by atoms with E-state index in [-0.39, 0.29) is 17.3 Å². The Morgan fingerprint density at radius 2 is 2.23 bits per heavy atom. The molecular formula is C10H19NO2. The highest BCUT2D eigenvalue weighted by molar-refractivity contribution is 4.98. The van der Waals surface area contributed by atoms with Crippen molar-refractivity contribution in [2.75, 3.05) is 13.2 Å². The van der Waals surface area contributed by atoms with Gasteiger partial charge in [-0.2, -0.15) is 0 Å². The van der Waals surface area contributed by atoms with Crippen molar-refractivity contribution in [2.45, 2.75) is 50.4 Å². The van der Waals surface area contributed by atoms with Gasteiger partial charge in [0.1, 0.15) is 0 Å². The molecule has 2 rings (SSSR count). The molecule has 2 fully saturated rings. The lowest BCUT2D eigenvalue weighted by atomic mass is 9.91. The molecule has 2 aliphatic rings. The van der Waals surface area contributed by atoms with E-state index < -0.39 is 0 Å². The monoisotopic (exact) mass is 185 g/mol. The van der Waals surface area contributed by atoms with Crippen LogP contribution in [0.5, 0.6) is 0 Å². The van der Waals surface area contributed by atoms with Crippen LogP contribution in [0.3, 0.4) is 0 Å². The molecule has 0 saturated carbocycles. The van der Waals surface area contributed by atoms with Crippen molar-refractivity contribution in [2.24, 2.45) is 5.73 Å². The molecular weight excluding hydrogens is 166 g/mol. The average molecular weight is 185 g/mol. The van der Waals surface area contributed by atoms with E-state index in [4.69, 9.17) is 15.2 Å². The maximum atomic E-state index is 5.94. The van der Waals surface area contributed by atoms with Crippen molar-refractivity contribution in [1.29, 1.82) is 0 Å². The highest BCUT2D eigenvalue weighted by Gasteiger charge is 2.49. The lowest BCUT2D eigenvalue weighted by Gasteiger charge is -2.23. The van der Waals surface area contributed by atoms with Crippen LogP contribution in [0, 0.1) is 0 Å². The molecule has 0 radical (unpaired) electrons. The molecule has 0 aromatic heterocycles. The maximum Gasteiger partial charge on any atom is 0.0947 e. The Morgan fingerprint density at radius 1 is 1.46 bits per heavy atom. The van der Waals surface area contributed by atoms with Crippen LogP contribution in [0.1, 0.15) is 33.1 Å². The van der Waals surface area contributed by atoms with Gasteiger partial charge < -0.3 is 15.2 Å². The van der Waals surface area contributed by atoms with Crippen molar-refractivity contribution >= 4 is 0 Å². The molecule has 2 unspecified atom stereocenters. The summed E-state index contributed by atoms with van der Waals surface area (Å²) in [5, 5.41) is 0. The average Bonchev–Trinajstić information content (AvgIpc) is 2.57. The second kappa shape index (κ2) is 2.94. The molecule has 13 heavy (non-hydrogen) atoms. The zero-order valence-electron chi connectivity index (χ0n) is 8.51. The third kappa shape index (κ3) is 1.73. The molecule has 3 nitrogen and oxygen atoms in total. The van der Waals surface area contributed by atoms with Crippen molar-refractivity contribution in [1.82, 2.24) is 0 Å². The normalized spacial score (nSPS) is 43.2. The van der Waals surface area contributed by atoms with Crippen LogP contribution in [0.2, 0.25) is 0 Å². The largest absolute Gasteiger partial charge is 0.372 e. The molecule has 76 valence electrons. The Bertz CT molecular complexity index is 205. The first kappa shape index (κ1) is 9.44. The van der Waals surface area contributed by atoms with E-state index in [0.29, 0.717) is 6.54 Å². The fraction of sp³-hybridized carbons (Fsp3) is 1.00. The molecule has 0 amide bonds. The van der Waals surface area contributed by atoms with Crippen molar-refractivity contribution < 1.29 is 9.47 Å². The molecule has 2 aliphatic heterocycles. The first-order valence-corrected chi connectivity index (χ1v) is 5.07. The highest BCUT2D eigenvalue weighted by Crippen LogP contribution is 2.43. The van der Waals surface area contributed by atoms with Crippen LogP contribution in [0.4, 0.5) is 0 Å². The van der Waals surface area contributed by atoms with Gasteiger partial charge >= 0.3 is 0 Å². The molecule has 2 N–H and O–H groups in total. The zero-order valence-corrected chi connectivity index (χ0v) is 8.51. The highest BCUT2D eigenvalue weighted by atomic mass is 16.6. The van der Waals surface area contributed by atoms with Gasteiger partial charge in [-0.1, -0.05) is 0 Å². The summed E-state index contributed by atoms with van der Waals surface area (Å²) < 4.78 is 11.6. The van der Waals surface area contributed by atoms with Crippen LogP contribution in [0.15, 0.2) is 0 Å². The van der Waals surface area contributed by atoms with Gasteiger partial charge in [-0.25, -0.2) is 0 Å². The Kier molecular flexibility index (Phi) is 2.13. The van der Waals surface area contributed by atoms with Gasteiger partial charge in [0.05, 0.1) is 23.9 Å². The Labute approximate surface area is 79.6 Å². The fourth-order valence-corrected chi connectivity index (χ4v) is 2.50. The van der Waals surface area contributed by atoms with Gasteiger partial charge in [0.15, 0.2) is 0 Å². The summed E-state index contributed by atoms with van der Waals surface area (Å²) in [6.07, 6.45) is 3.47. The van der Waals surface area contributed by atoms with Crippen LogP contribution in [0.25, 0.3) is 0 Å². The fourth-order valence-electron chi connectivity index (χ4n) is 2.50. The third-order valence-corrected chi connectivity index (χ3v) is 3.08. The topological polar surface area (TPSA) is 44.5 Å². The van der Waals surface area contributed by atoms with Gasteiger partial charge in [0.25, 0.3) is 0 Å². The summed E-state index contributed by atoms with van der Waals surface area (Å²) in [7, 11) is 0. The molecule has 0 aromatic carbocycles. The Balaban J connectivity index is 2.01. The SMILES string of the molecule is CC1(C)CC2(CCC(CN)O2)CO1. The molecule has 1 spiro atoms. The van der Waals surface area contributed by atoms with Gasteiger partial charge in [-0.15, -0.1) is 0 Å². The number of hydrogen-bond donors (Lipinski definition) is 1. The second-order valence-electron chi connectivity index (χ2n) is 4.92. The predicted molar refractivity (Wildman–Crippen MR) is 50.5 cm³/mol. The molecule has 2 atom stereocenters. The summed E-state index contributed by atoms with van der Waals surface area (Å²) in [4.78, 5) is 0. The van der Waals surface area contributed by atoms with Crippen LogP contribution < -0.4 is 5.73 Å². The number of hydrogen-bond acceptors (Lipinski definition) is 3. The molecule has 2 heterocycles. The molecule has 3 heteroatoms. The number of ether oxygens (including phenoxy) is 2. The quantitative estimate of drug-likeness (QED) is 0.664. The Hall–Kier alpha value is -0.120. The van der Waals surface area contributed by atoms with Gasteiger partial charge in [0, 0.05) is 13.0 Å². The first-order valence-electron chi connectivity index (χ1n) is 5.07. The predicted octanol–water partition coefficient (Wildman–Crippen LogP) is 1.06. The maximum absolute atomic E-state index is 5.94. The first-order chi connectivity index (χ1) is 6.05. The summed E-state index contributed by atoms with van der Waals surface area (Å²) in [6, 6.07) is 0. The number of nitrogens with two attached hydrogens (primary N) is 1. The summed E-state index contributed by atoms with van der Waals surface area (Å²) >= 11 is 0. The van der Waals surface area contributed by atoms with Gasteiger partial charge in [-0.05, 0) is 26.7 Å². The second-order valence-corrected chi connectivity index (χ2v) is 4.92. The van der Waals surface area contributed by atoms with Crippen molar-refractivity contribution in [3.8, 4) is 0 Å². The zero-order chi connectivity index (χ0) is 9.53. The van der Waals surface area contributed by atoms with Crippen LogP contribution in [-0.2, 0) is 9.47 Å². The summed E-state index contributed by atoms with van der Waals surface area (Å²) in [6.45, 7) is 5.64. The molecule has 0 bridgehead atoms. The van der Waals surface area contributed by atoms with Crippen molar-refractivity contribution in [3.05, 3.63) is 0 Å². The van der Waals surface area contributed by atoms with Crippen LogP contribution >= 0.6 is 0 Å². The number of rotatable bonds is 1. The van der Waals surface area contributed by atoms with E-state index in [0.717, 1.165) is 25.9 Å². The van der Waals surface area contributed by atoms with Gasteiger partial charge in [-0.3, -0.25) is 0 Å². The lowest BCUT2D eigenvalue weighted by molar-refractivity contribution is -0.0433. The summed E-state index contributed by atoms with van der Waals surface area (Å²) in [5.41, 5.74) is 5.57.